The fourth-order valence-corrected chi connectivity index (χ4v) is 3.59. The van der Waals surface area contributed by atoms with Gasteiger partial charge in [0.15, 0.2) is 0 Å². The number of hydroxylamine groups is 2. The molecule has 122 valence electrons. The second-order valence-electron chi connectivity index (χ2n) is 6.63. The Balaban J connectivity index is 1.75. The number of carboxylic acids is 1. The zero-order chi connectivity index (χ0) is 16.0. The fraction of sp³-hybridized carbons (Fsp3) is 0.471. The van der Waals surface area contributed by atoms with Gasteiger partial charge in [-0.3, -0.25) is 4.65 Å². The van der Waals surface area contributed by atoms with Gasteiger partial charge in [-0.1, -0.05) is 6.07 Å². The average molecular weight is 315 g/mol. The number of nitrogens with one attached hydrogen (secondary N) is 1. The van der Waals surface area contributed by atoms with Crippen molar-refractivity contribution in [2.24, 2.45) is 0 Å². The van der Waals surface area contributed by atoms with Crippen LogP contribution in [0.1, 0.15) is 18.4 Å². The second kappa shape index (κ2) is 5.33. The lowest BCUT2D eigenvalue weighted by Crippen LogP contribution is -2.45. The van der Waals surface area contributed by atoms with Crippen LogP contribution in [-0.4, -0.2) is 43.3 Å². The zero-order valence-corrected chi connectivity index (χ0v) is 13.0. The number of carbonyl (C=O) groups is 1. The van der Waals surface area contributed by atoms with Crippen LogP contribution in [0.2, 0.25) is 0 Å². The normalized spacial score (nSPS) is 27.3. The summed E-state index contributed by atoms with van der Waals surface area (Å²) >= 11 is 0. The first-order chi connectivity index (χ1) is 11.1. The number of quaternary nitrogens is 1. The molecule has 0 spiro atoms. The SMILES string of the molecule is O=C(O)C1=C[N+]([O-])(C2CC2)c2cc(N3CCNCC3)ccc2C1. The molecule has 1 saturated carbocycles. The first kappa shape index (κ1) is 14.7. The van der Waals surface area contributed by atoms with Crippen LogP contribution in [0.25, 0.3) is 0 Å². The van der Waals surface area contributed by atoms with E-state index in [1.807, 2.05) is 18.2 Å². The Labute approximate surface area is 135 Å². The van der Waals surface area contributed by atoms with E-state index in [0.29, 0.717) is 6.42 Å². The molecule has 1 aliphatic carbocycles. The predicted molar refractivity (Wildman–Crippen MR) is 89.1 cm³/mol. The van der Waals surface area contributed by atoms with E-state index in [-0.39, 0.29) is 11.6 Å². The molecular weight excluding hydrogens is 294 g/mol. The summed E-state index contributed by atoms with van der Waals surface area (Å²) < 4.78 is -0.600. The summed E-state index contributed by atoms with van der Waals surface area (Å²) in [6.07, 6.45) is 3.49. The van der Waals surface area contributed by atoms with Gasteiger partial charge in [0.05, 0.1) is 11.6 Å². The molecule has 0 radical (unpaired) electrons. The Kier molecular flexibility index (Phi) is 3.41. The van der Waals surface area contributed by atoms with Crippen LogP contribution < -0.4 is 14.9 Å². The third kappa shape index (κ3) is 2.52. The number of nitrogens with zero attached hydrogens (tertiary/aromatic N) is 2. The molecule has 0 bridgehead atoms. The molecule has 1 atom stereocenters. The highest BCUT2D eigenvalue weighted by atomic mass is 16.5. The molecule has 0 aromatic heterocycles. The van der Waals surface area contributed by atoms with Crippen molar-refractivity contribution in [2.75, 3.05) is 31.1 Å². The summed E-state index contributed by atoms with van der Waals surface area (Å²) in [6.45, 7) is 3.74. The summed E-state index contributed by atoms with van der Waals surface area (Å²) in [5, 5.41) is 26.1. The number of benzene rings is 1. The van der Waals surface area contributed by atoms with Gasteiger partial charge in [-0.05, 0) is 6.07 Å². The smallest absolute Gasteiger partial charge is 0.337 e. The lowest BCUT2D eigenvalue weighted by molar-refractivity contribution is -0.132. The standard InChI is InChI=1S/C17H21N3O3/c21-17(22)13-9-12-1-2-14(19-7-5-18-6-8-19)10-16(12)20(23,11-13)15-3-4-15/h1-2,10-11,15,18H,3-9H2,(H,21,22). The first-order valence-corrected chi connectivity index (χ1v) is 8.21. The predicted octanol–water partition coefficient (Wildman–Crippen LogP) is 1.59. The molecule has 1 aromatic carbocycles. The number of aliphatic carboxylic acids is 1. The monoisotopic (exact) mass is 315 g/mol. The zero-order valence-electron chi connectivity index (χ0n) is 13.0. The van der Waals surface area contributed by atoms with E-state index >= 15 is 0 Å². The number of rotatable bonds is 3. The van der Waals surface area contributed by atoms with Gasteiger partial charge in [0, 0.05) is 62.8 Å². The molecule has 0 amide bonds. The molecule has 23 heavy (non-hydrogen) atoms. The summed E-state index contributed by atoms with van der Waals surface area (Å²) in [4.78, 5) is 13.7. The van der Waals surface area contributed by atoms with Crippen LogP contribution in [0, 0.1) is 5.21 Å². The summed E-state index contributed by atoms with van der Waals surface area (Å²) in [5.41, 5.74) is 2.87. The van der Waals surface area contributed by atoms with Gasteiger partial charge in [-0.25, -0.2) is 4.79 Å². The van der Waals surface area contributed by atoms with Gasteiger partial charge in [0.1, 0.15) is 11.9 Å². The molecule has 1 aromatic rings. The van der Waals surface area contributed by atoms with E-state index < -0.39 is 10.6 Å². The Bertz CT molecular complexity index is 678. The van der Waals surface area contributed by atoms with Crippen LogP contribution in [0.15, 0.2) is 30.0 Å². The molecule has 2 heterocycles. The lowest BCUT2D eigenvalue weighted by atomic mass is 9.98. The van der Waals surface area contributed by atoms with Gasteiger partial charge >= 0.3 is 5.97 Å². The van der Waals surface area contributed by atoms with Gasteiger partial charge < -0.3 is 20.5 Å². The minimum Gasteiger partial charge on any atom is -0.622 e. The van der Waals surface area contributed by atoms with Crippen molar-refractivity contribution in [3.05, 3.63) is 40.7 Å². The molecule has 2 fully saturated rings. The van der Waals surface area contributed by atoms with E-state index in [9.17, 15) is 15.1 Å². The number of hydrogen-bond acceptors (Lipinski definition) is 4. The van der Waals surface area contributed by atoms with Gasteiger partial charge in [0.25, 0.3) is 0 Å². The molecule has 2 N–H and O–H groups in total. The fourth-order valence-electron chi connectivity index (χ4n) is 3.59. The Morgan fingerprint density at radius 2 is 2.04 bits per heavy atom. The van der Waals surface area contributed by atoms with Crippen molar-refractivity contribution in [1.29, 1.82) is 0 Å². The highest BCUT2D eigenvalue weighted by molar-refractivity contribution is 5.89. The number of hydrogen-bond donors (Lipinski definition) is 2. The molecule has 6 nitrogen and oxygen atoms in total. The molecule has 3 aliphatic rings. The maximum absolute atomic E-state index is 13.4. The maximum Gasteiger partial charge on any atom is 0.337 e. The quantitative estimate of drug-likeness (QED) is 0.654. The Morgan fingerprint density at radius 3 is 2.70 bits per heavy atom. The topological polar surface area (TPSA) is 75.6 Å². The van der Waals surface area contributed by atoms with Crippen molar-refractivity contribution in [1.82, 2.24) is 9.96 Å². The summed E-state index contributed by atoms with van der Waals surface area (Å²) in [5.74, 6) is -0.985. The highest BCUT2D eigenvalue weighted by Crippen LogP contribution is 2.45. The third-order valence-corrected chi connectivity index (χ3v) is 5.02. The van der Waals surface area contributed by atoms with E-state index in [1.54, 1.807) is 0 Å². The van der Waals surface area contributed by atoms with Crippen molar-refractivity contribution in [3.8, 4) is 0 Å². The summed E-state index contributed by atoms with van der Waals surface area (Å²) in [6, 6.07) is 5.92. The number of fused-ring (bicyclic) bond motifs is 1. The van der Waals surface area contributed by atoms with Gasteiger partial charge in [0.2, 0.25) is 0 Å². The third-order valence-electron chi connectivity index (χ3n) is 5.02. The van der Waals surface area contributed by atoms with E-state index in [0.717, 1.165) is 56.0 Å². The van der Waals surface area contributed by atoms with E-state index in [2.05, 4.69) is 10.2 Å². The van der Waals surface area contributed by atoms with Crippen LogP contribution >= 0.6 is 0 Å². The Morgan fingerprint density at radius 1 is 1.30 bits per heavy atom. The largest absolute Gasteiger partial charge is 0.622 e. The minimum absolute atomic E-state index is 0.0262. The molecule has 2 aliphatic heterocycles. The van der Waals surface area contributed by atoms with Gasteiger partial charge in [-0.2, -0.15) is 0 Å². The minimum atomic E-state index is -0.985. The van der Waals surface area contributed by atoms with Crippen LogP contribution in [0.3, 0.4) is 0 Å². The van der Waals surface area contributed by atoms with Crippen molar-refractivity contribution in [3.63, 3.8) is 0 Å². The number of anilines is 1. The second-order valence-corrected chi connectivity index (χ2v) is 6.63. The average Bonchev–Trinajstić information content (AvgIpc) is 3.40. The first-order valence-electron chi connectivity index (χ1n) is 8.21. The number of piperazine rings is 1. The van der Waals surface area contributed by atoms with Crippen LogP contribution in [0.4, 0.5) is 11.4 Å². The highest BCUT2D eigenvalue weighted by Gasteiger charge is 2.43. The lowest BCUT2D eigenvalue weighted by Gasteiger charge is -2.43. The van der Waals surface area contributed by atoms with Crippen molar-refractivity contribution in [2.45, 2.75) is 25.3 Å². The Hall–Kier alpha value is -1.89. The molecular formula is C17H21N3O3. The van der Waals surface area contributed by atoms with E-state index in [4.69, 9.17) is 0 Å². The summed E-state index contributed by atoms with van der Waals surface area (Å²) in [7, 11) is 0. The molecule has 1 saturated heterocycles. The number of carboxylic acid groups (broad SMARTS) is 1. The van der Waals surface area contributed by atoms with Crippen molar-refractivity contribution < 1.29 is 9.90 Å². The van der Waals surface area contributed by atoms with Crippen LogP contribution in [-0.2, 0) is 11.2 Å². The molecule has 1 unspecified atom stereocenters. The van der Waals surface area contributed by atoms with Crippen LogP contribution in [0.5, 0.6) is 0 Å². The maximum atomic E-state index is 13.4. The van der Waals surface area contributed by atoms with Crippen molar-refractivity contribution >= 4 is 17.3 Å². The van der Waals surface area contributed by atoms with Gasteiger partial charge in [-0.15, -0.1) is 0 Å². The van der Waals surface area contributed by atoms with E-state index in [1.165, 1.54) is 6.20 Å². The molecule has 6 heteroatoms. The molecule has 4 rings (SSSR count).